The van der Waals surface area contributed by atoms with Crippen LogP contribution in [0.15, 0.2) is 43.5 Å². The lowest BCUT2D eigenvalue weighted by Crippen LogP contribution is -2.21. The van der Waals surface area contributed by atoms with Crippen molar-refractivity contribution < 1.29 is 44.7 Å². The molecule has 2 aromatic rings. The second kappa shape index (κ2) is 12.1. The number of amides is 2. The summed E-state index contributed by atoms with van der Waals surface area (Å²) in [5, 5.41) is 9.88. The third-order valence-electron chi connectivity index (χ3n) is 6.16. The third-order valence-corrected chi connectivity index (χ3v) is 8.70. The van der Waals surface area contributed by atoms with Gasteiger partial charge in [0, 0.05) is 19.6 Å². The number of nitrogens with zero attached hydrogens (tertiary/aromatic N) is 2. The maximum absolute atomic E-state index is 12.4. The monoisotopic (exact) mass is 686 g/mol. The molecule has 2 amide bonds. The number of aromatic nitrogens is 1. The Labute approximate surface area is 258 Å². The molecular weight excluding hydrogens is 667 g/mol. The molecule has 3 aliphatic rings. The normalized spacial score (nSPS) is 13.0. The molecule has 0 radical (unpaired) electrons. The Morgan fingerprint density at radius 3 is 2.30 bits per heavy atom. The van der Waals surface area contributed by atoms with Crippen molar-refractivity contribution >= 4 is 84.4 Å². The van der Waals surface area contributed by atoms with Crippen LogP contribution in [-0.2, 0) is 29.8 Å². The molecule has 0 saturated carbocycles. The largest absolute Gasteiger partial charge is 0.450 e. The second-order valence-electron chi connectivity index (χ2n) is 8.93. The van der Waals surface area contributed by atoms with E-state index in [2.05, 4.69) is 31.2 Å². The van der Waals surface area contributed by atoms with Crippen molar-refractivity contribution in [2.75, 3.05) is 36.8 Å². The smallest absolute Gasteiger partial charge is 0.300 e. The molecule has 0 spiro atoms. The van der Waals surface area contributed by atoms with Gasteiger partial charge in [0.2, 0.25) is 12.8 Å². The van der Waals surface area contributed by atoms with Gasteiger partial charge in [0.25, 0.3) is 10.1 Å². The number of carbonyl (C=O) groups is 2. The number of carbonyl (C=O) groups excluding carboxylic acids is 2. The van der Waals surface area contributed by atoms with E-state index >= 15 is 0 Å². The summed E-state index contributed by atoms with van der Waals surface area (Å²) in [4.78, 5) is 28.2. The summed E-state index contributed by atoms with van der Waals surface area (Å²) < 4.78 is 81.5. The lowest BCUT2D eigenvalue weighted by atomic mass is 10.1. The van der Waals surface area contributed by atoms with Gasteiger partial charge in [-0.3, -0.25) is 23.7 Å². The van der Waals surface area contributed by atoms with E-state index in [4.69, 9.17) is 32.4 Å². The number of halogens is 2. The van der Waals surface area contributed by atoms with Gasteiger partial charge in [0.05, 0.1) is 23.3 Å². The van der Waals surface area contributed by atoms with Gasteiger partial charge in [-0.25, -0.2) is 4.98 Å². The zero-order valence-electron chi connectivity index (χ0n) is 21.9. The van der Waals surface area contributed by atoms with E-state index in [9.17, 15) is 35.5 Å². The second-order valence-corrected chi connectivity index (χ2v) is 12.4. The van der Waals surface area contributed by atoms with Crippen LogP contribution < -0.4 is 31.4 Å². The molecule has 0 bridgehead atoms. The molecule has 0 fully saturated rings. The summed E-state index contributed by atoms with van der Waals surface area (Å²) >= 11 is 13.3. The van der Waals surface area contributed by atoms with Crippen LogP contribution in [0.5, 0.6) is 11.5 Å². The first kappa shape index (κ1) is 31.2. The van der Waals surface area contributed by atoms with Gasteiger partial charge in [-0.2, -0.15) is 16.8 Å². The molecule has 2 aliphatic heterocycles. The van der Waals surface area contributed by atoms with Gasteiger partial charge >= 0.3 is 10.1 Å². The minimum Gasteiger partial charge on any atom is -0.450 e. The minimum atomic E-state index is -4.93. The fourth-order valence-electron chi connectivity index (χ4n) is 4.38. The fourth-order valence-corrected chi connectivity index (χ4v) is 6.49. The summed E-state index contributed by atoms with van der Waals surface area (Å²) in [6.07, 6.45) is 0.915. The quantitative estimate of drug-likeness (QED) is 0.0507. The summed E-state index contributed by atoms with van der Waals surface area (Å²) in [6.45, 7) is 0.327. The molecule has 44 heavy (non-hydrogen) atoms. The highest BCUT2D eigenvalue weighted by atomic mass is 35.5. The van der Waals surface area contributed by atoms with Crippen LogP contribution in [0.25, 0.3) is 22.6 Å². The first-order valence-electron chi connectivity index (χ1n) is 12.3. The van der Waals surface area contributed by atoms with E-state index in [1.165, 1.54) is 24.3 Å². The molecular formula is C24H20Cl2N6O10S2. The highest BCUT2D eigenvalue weighted by Gasteiger charge is 2.34. The van der Waals surface area contributed by atoms with Crippen molar-refractivity contribution in [3.05, 3.63) is 39.7 Å². The summed E-state index contributed by atoms with van der Waals surface area (Å²) in [5.74, 6) is -0.909. The lowest BCUT2D eigenvalue weighted by molar-refractivity contribution is -0.110. The molecule has 2 heterocycles. The maximum Gasteiger partial charge on any atom is 0.300 e. The molecule has 0 aromatic heterocycles. The molecule has 0 atom stereocenters. The Morgan fingerprint density at radius 2 is 1.61 bits per heavy atom. The van der Waals surface area contributed by atoms with Crippen molar-refractivity contribution in [2.24, 2.45) is 4.99 Å². The summed E-state index contributed by atoms with van der Waals surface area (Å²) in [6, 6.07) is 5.38. The van der Waals surface area contributed by atoms with Crippen LogP contribution in [0.2, 0.25) is 10.0 Å². The Morgan fingerprint density at radius 1 is 0.909 bits per heavy atom. The number of rotatable bonds is 11. The van der Waals surface area contributed by atoms with Gasteiger partial charge < -0.3 is 30.4 Å². The minimum absolute atomic E-state index is 0.00654. The summed E-state index contributed by atoms with van der Waals surface area (Å²) in [7, 11) is -9.81. The lowest BCUT2D eigenvalue weighted by Gasteiger charge is -2.26. The van der Waals surface area contributed by atoms with E-state index < -0.39 is 35.8 Å². The highest BCUT2D eigenvalue weighted by molar-refractivity contribution is 7.86. The van der Waals surface area contributed by atoms with Gasteiger partial charge in [0.1, 0.15) is 26.9 Å². The molecule has 1 aliphatic carbocycles. The van der Waals surface area contributed by atoms with Gasteiger partial charge in [-0.15, -0.1) is 0 Å². The van der Waals surface area contributed by atoms with Crippen LogP contribution in [0.1, 0.15) is 0 Å². The predicted molar refractivity (Wildman–Crippen MR) is 157 cm³/mol. The van der Waals surface area contributed by atoms with Crippen LogP contribution in [0, 0.1) is 0 Å². The van der Waals surface area contributed by atoms with Crippen molar-refractivity contribution in [2.45, 2.75) is 9.79 Å². The number of ether oxygens (including phenoxy) is 1. The van der Waals surface area contributed by atoms with Crippen molar-refractivity contribution in [1.82, 2.24) is 15.6 Å². The standard InChI is InChI=1S/C24H20Cl2N6O10S2/c25-15-17-21(41-19-11(31-17)1-3-13(23(19)43(35,36)37)29-7-5-27-9-33)16(26)18-22(15)42-20-12(32-18)2-4-14(24(20)44(38,39)40)30-8-6-28-10-34/h1-4,9-10,29,31H,5-8H2,(H,27,33)(H,28,34)(H,35,36,37)(H,38,39,40). The third kappa shape index (κ3) is 5.82. The van der Waals surface area contributed by atoms with Crippen LogP contribution in [0.4, 0.5) is 17.1 Å². The predicted octanol–water partition coefficient (Wildman–Crippen LogP) is 2.39. The first-order valence-corrected chi connectivity index (χ1v) is 15.9. The van der Waals surface area contributed by atoms with E-state index in [1.807, 2.05) is 0 Å². The van der Waals surface area contributed by atoms with Crippen LogP contribution in [-0.4, -0.2) is 69.9 Å². The number of benzene rings is 3. The van der Waals surface area contributed by atoms with Gasteiger partial charge in [-0.05, 0) is 24.3 Å². The van der Waals surface area contributed by atoms with Crippen LogP contribution in [0.3, 0.4) is 0 Å². The van der Waals surface area contributed by atoms with Crippen molar-refractivity contribution in [1.29, 1.82) is 0 Å². The number of hydrogen-bond donors (Lipinski definition) is 6. The molecule has 5 rings (SSSR count). The van der Waals surface area contributed by atoms with Gasteiger partial charge in [0.15, 0.2) is 32.6 Å². The Hall–Kier alpha value is -4.20. The molecule has 16 nitrogen and oxygen atoms in total. The topological polar surface area (TPSA) is 239 Å². The average Bonchev–Trinajstić information content (AvgIpc) is 2.97. The zero-order chi connectivity index (χ0) is 31.8. The SMILES string of the molecule is O=CNCCN=c1ccc2nc3c(Cl)c4c(c(Cl)c3oc-2c1S(=O)(=O)O)Nc1ccc(NCCNC=O)c(S(=O)(=O)O)c1O4. The fraction of sp³-hybridized carbons (Fsp3) is 0.167. The number of nitrogens with one attached hydrogen (secondary N) is 4. The molecule has 2 aromatic carbocycles. The zero-order valence-corrected chi connectivity index (χ0v) is 25.1. The molecule has 0 unspecified atom stereocenters. The number of anilines is 3. The highest BCUT2D eigenvalue weighted by Crippen LogP contribution is 2.55. The van der Waals surface area contributed by atoms with E-state index in [0.29, 0.717) is 12.8 Å². The van der Waals surface area contributed by atoms with Crippen molar-refractivity contribution in [3.8, 4) is 23.0 Å². The average molecular weight is 687 g/mol. The van der Waals surface area contributed by atoms with Gasteiger partial charge in [-0.1, -0.05) is 23.2 Å². The van der Waals surface area contributed by atoms with Crippen molar-refractivity contribution in [3.63, 3.8) is 0 Å². The van der Waals surface area contributed by atoms with E-state index in [1.54, 1.807) is 0 Å². The Balaban J connectivity index is 1.69. The Kier molecular flexibility index (Phi) is 8.56. The number of hydrogen-bond acceptors (Lipinski definition) is 12. The number of fused-ring (bicyclic) bond motifs is 4. The molecule has 6 N–H and O–H groups in total. The van der Waals surface area contributed by atoms with Crippen LogP contribution >= 0.6 is 23.2 Å². The summed E-state index contributed by atoms with van der Waals surface area (Å²) in [5.41, 5.74) is -0.400. The molecule has 232 valence electrons. The van der Waals surface area contributed by atoms with E-state index in [0.717, 1.165) is 0 Å². The first-order chi connectivity index (χ1) is 20.9. The molecule has 0 saturated heterocycles. The van der Waals surface area contributed by atoms with E-state index in [-0.39, 0.29) is 86.9 Å². The Bertz CT molecular complexity index is 2090. The molecule has 20 heteroatoms. The maximum atomic E-state index is 12.4.